The van der Waals surface area contributed by atoms with Gasteiger partial charge in [0.25, 0.3) is 0 Å². The highest BCUT2D eigenvalue weighted by Crippen LogP contribution is 2.74. The van der Waals surface area contributed by atoms with E-state index < -0.39 is 5.60 Å². The summed E-state index contributed by atoms with van der Waals surface area (Å²) in [4.78, 5) is 13.3. The van der Waals surface area contributed by atoms with Crippen molar-refractivity contribution in [3.63, 3.8) is 0 Å². The molecule has 5 rings (SSSR count). The molecule has 0 bridgehead atoms. The van der Waals surface area contributed by atoms with Crippen molar-refractivity contribution in [3.8, 4) is 0 Å². The van der Waals surface area contributed by atoms with Crippen molar-refractivity contribution >= 4 is 5.97 Å². The molecular weight excluding hydrogens is 400 g/mol. The molecule has 4 heteroatoms. The van der Waals surface area contributed by atoms with Gasteiger partial charge in [0.05, 0.1) is 25.0 Å². The van der Waals surface area contributed by atoms with E-state index in [1.807, 2.05) is 44.2 Å². The topological polar surface area (TPSA) is 44.8 Å². The van der Waals surface area contributed by atoms with E-state index in [1.54, 1.807) is 0 Å². The minimum atomic E-state index is -0.738. The summed E-state index contributed by atoms with van der Waals surface area (Å²) in [5.41, 5.74) is 4.07. The Morgan fingerprint density at radius 1 is 1.12 bits per heavy atom. The second-order valence-electron chi connectivity index (χ2n) is 9.38. The monoisotopic (exact) mass is 434 g/mol. The van der Waals surface area contributed by atoms with Crippen LogP contribution in [-0.4, -0.2) is 31.4 Å². The second-order valence-corrected chi connectivity index (χ2v) is 9.38. The maximum Gasteiger partial charge on any atom is 0.311 e. The van der Waals surface area contributed by atoms with Crippen molar-refractivity contribution in [2.24, 2.45) is 11.3 Å². The molecular formula is C28H34O4. The minimum absolute atomic E-state index is 0.177. The number of esters is 1. The maximum atomic E-state index is 13.3. The van der Waals surface area contributed by atoms with Gasteiger partial charge in [0.1, 0.15) is 5.76 Å². The van der Waals surface area contributed by atoms with Gasteiger partial charge in [-0.05, 0) is 62.7 Å². The molecule has 0 aromatic heterocycles. The Kier molecular flexibility index (Phi) is 5.75. The first-order chi connectivity index (χ1) is 15.7. The molecule has 0 N–H and O–H groups in total. The third kappa shape index (κ3) is 3.10. The van der Waals surface area contributed by atoms with Crippen LogP contribution in [0.15, 0.2) is 65.0 Å². The molecule has 0 saturated heterocycles. The zero-order valence-corrected chi connectivity index (χ0v) is 19.3. The summed E-state index contributed by atoms with van der Waals surface area (Å²) in [5.74, 6) is 1.12. The molecule has 32 heavy (non-hydrogen) atoms. The van der Waals surface area contributed by atoms with Crippen molar-refractivity contribution in [1.29, 1.82) is 0 Å². The van der Waals surface area contributed by atoms with Crippen LogP contribution in [0, 0.1) is 11.3 Å². The summed E-state index contributed by atoms with van der Waals surface area (Å²) in [7, 11) is 0. The average Bonchev–Trinajstić information content (AvgIpc) is 3.50. The predicted octanol–water partition coefficient (Wildman–Crippen LogP) is 5.69. The Morgan fingerprint density at radius 3 is 2.69 bits per heavy atom. The molecule has 1 fully saturated rings. The predicted molar refractivity (Wildman–Crippen MR) is 124 cm³/mol. The van der Waals surface area contributed by atoms with E-state index in [9.17, 15) is 4.79 Å². The number of hydrogen-bond acceptors (Lipinski definition) is 4. The molecule has 0 heterocycles. The maximum absolute atomic E-state index is 13.3. The van der Waals surface area contributed by atoms with Gasteiger partial charge < -0.3 is 14.2 Å². The Bertz CT molecular complexity index is 972. The van der Waals surface area contributed by atoms with Crippen LogP contribution >= 0.6 is 0 Å². The van der Waals surface area contributed by atoms with Gasteiger partial charge >= 0.3 is 5.97 Å². The van der Waals surface area contributed by atoms with Crippen molar-refractivity contribution in [2.45, 2.75) is 64.4 Å². The van der Waals surface area contributed by atoms with Crippen LogP contribution < -0.4 is 0 Å². The number of ether oxygens (including phenoxy) is 3. The Morgan fingerprint density at radius 2 is 1.97 bits per heavy atom. The second kappa shape index (κ2) is 8.55. The zero-order valence-electron chi connectivity index (χ0n) is 19.3. The van der Waals surface area contributed by atoms with E-state index in [0.717, 1.165) is 49.0 Å². The lowest BCUT2D eigenvalue weighted by molar-refractivity contribution is -0.165. The Balaban J connectivity index is 1.57. The number of carbonyl (C=O) groups excluding carboxylic acids is 1. The van der Waals surface area contributed by atoms with Gasteiger partial charge in [-0.1, -0.05) is 42.8 Å². The van der Waals surface area contributed by atoms with Crippen LogP contribution in [0.25, 0.3) is 0 Å². The summed E-state index contributed by atoms with van der Waals surface area (Å²) in [6, 6.07) is 9.86. The summed E-state index contributed by atoms with van der Waals surface area (Å²) in [6.45, 7) is 5.83. The average molecular weight is 435 g/mol. The van der Waals surface area contributed by atoms with E-state index >= 15 is 0 Å². The summed E-state index contributed by atoms with van der Waals surface area (Å²) < 4.78 is 18.6. The number of rotatable bonds is 9. The molecule has 1 aromatic carbocycles. The van der Waals surface area contributed by atoms with Crippen LogP contribution in [0.1, 0.15) is 57.9 Å². The number of carbonyl (C=O) groups is 1. The van der Waals surface area contributed by atoms with Crippen LogP contribution in [0.3, 0.4) is 0 Å². The summed E-state index contributed by atoms with van der Waals surface area (Å²) in [5, 5.41) is 0. The SMILES string of the molecule is CCOCC1=C(C2=CCCC2)[C@]23CCC[C@H]2C(OCC)=C[C@]13OC(=O)Cc1ccccc1. The van der Waals surface area contributed by atoms with Gasteiger partial charge in [0.15, 0.2) is 5.60 Å². The van der Waals surface area contributed by atoms with E-state index in [0.29, 0.717) is 19.8 Å². The molecule has 0 amide bonds. The third-order valence-corrected chi connectivity index (χ3v) is 7.80. The highest BCUT2D eigenvalue weighted by Gasteiger charge is 2.75. The number of benzene rings is 1. The fourth-order valence-corrected chi connectivity index (χ4v) is 6.73. The van der Waals surface area contributed by atoms with Crippen LogP contribution in [0.4, 0.5) is 0 Å². The molecule has 0 unspecified atom stereocenters. The first-order valence-electron chi connectivity index (χ1n) is 12.3. The van der Waals surface area contributed by atoms with E-state index in [1.165, 1.54) is 17.6 Å². The largest absolute Gasteiger partial charge is 0.498 e. The molecule has 3 atom stereocenters. The lowest BCUT2D eigenvalue weighted by atomic mass is 9.50. The number of allylic oxidation sites excluding steroid dienone is 3. The van der Waals surface area contributed by atoms with Crippen molar-refractivity contribution < 1.29 is 19.0 Å². The van der Waals surface area contributed by atoms with E-state index in [2.05, 4.69) is 12.2 Å². The molecule has 4 nitrogen and oxygen atoms in total. The molecule has 4 aliphatic rings. The molecule has 4 aliphatic carbocycles. The van der Waals surface area contributed by atoms with Crippen molar-refractivity contribution in [3.05, 3.63) is 70.5 Å². The molecule has 1 spiro atoms. The lowest BCUT2D eigenvalue weighted by Crippen LogP contribution is -2.61. The normalized spacial score (nSPS) is 30.4. The molecule has 1 aromatic rings. The summed E-state index contributed by atoms with van der Waals surface area (Å²) in [6.07, 6.45) is 11.5. The Labute approximate surface area is 191 Å². The van der Waals surface area contributed by atoms with Crippen molar-refractivity contribution in [2.75, 3.05) is 19.8 Å². The number of hydrogen-bond donors (Lipinski definition) is 0. The Hall–Kier alpha value is -2.33. The van der Waals surface area contributed by atoms with E-state index in [4.69, 9.17) is 14.2 Å². The van der Waals surface area contributed by atoms with Gasteiger partial charge in [-0.15, -0.1) is 0 Å². The third-order valence-electron chi connectivity index (χ3n) is 7.80. The van der Waals surface area contributed by atoms with Crippen LogP contribution in [0.2, 0.25) is 0 Å². The highest BCUT2D eigenvalue weighted by molar-refractivity contribution is 5.77. The van der Waals surface area contributed by atoms with Gasteiger partial charge in [-0.3, -0.25) is 4.79 Å². The van der Waals surface area contributed by atoms with E-state index in [-0.39, 0.29) is 23.7 Å². The van der Waals surface area contributed by atoms with Gasteiger partial charge in [-0.25, -0.2) is 0 Å². The molecule has 170 valence electrons. The van der Waals surface area contributed by atoms with Crippen LogP contribution in [0.5, 0.6) is 0 Å². The molecule has 0 aliphatic heterocycles. The molecule has 1 saturated carbocycles. The van der Waals surface area contributed by atoms with Gasteiger partial charge in [0, 0.05) is 24.2 Å². The lowest BCUT2D eigenvalue weighted by Gasteiger charge is -2.57. The van der Waals surface area contributed by atoms with Gasteiger partial charge in [0.2, 0.25) is 0 Å². The quantitative estimate of drug-likeness (QED) is 0.469. The van der Waals surface area contributed by atoms with Crippen molar-refractivity contribution in [1.82, 2.24) is 0 Å². The fourth-order valence-electron chi connectivity index (χ4n) is 6.73. The summed E-state index contributed by atoms with van der Waals surface area (Å²) >= 11 is 0. The van der Waals surface area contributed by atoms with Crippen LogP contribution in [-0.2, 0) is 25.4 Å². The minimum Gasteiger partial charge on any atom is -0.498 e. The standard InChI is InChI=1S/C28H34O4/c1-3-30-19-23-26(21-13-8-9-14-21)27-16-10-15-22(27)24(31-4-2)18-28(23,27)32-25(29)17-20-11-6-5-7-12-20/h5-7,11-13,18,22H,3-4,8-10,14-17,19H2,1-2H3/t22-,27-,28-/m0/s1. The first kappa shape index (κ1) is 21.5. The first-order valence-corrected chi connectivity index (χ1v) is 12.3. The fraction of sp³-hybridized carbons (Fsp3) is 0.536. The zero-order chi connectivity index (χ0) is 22.2. The molecule has 0 radical (unpaired) electrons. The van der Waals surface area contributed by atoms with Gasteiger partial charge in [-0.2, -0.15) is 0 Å². The highest BCUT2D eigenvalue weighted by atomic mass is 16.6. The smallest absolute Gasteiger partial charge is 0.311 e.